The Kier molecular flexibility index (Phi) is 6.94. The van der Waals surface area contributed by atoms with Crippen LogP contribution in [-0.2, 0) is 0 Å². The first-order chi connectivity index (χ1) is 21.3. The van der Waals surface area contributed by atoms with E-state index in [1.54, 1.807) is 0 Å². The predicted molar refractivity (Wildman–Crippen MR) is 186 cm³/mol. The summed E-state index contributed by atoms with van der Waals surface area (Å²) >= 11 is 0. The van der Waals surface area contributed by atoms with E-state index in [0.717, 1.165) is 33.4 Å². The molecule has 7 rings (SSSR count). The number of allylic oxidation sites excluding steroid dienone is 5. The molecule has 2 heteroatoms. The van der Waals surface area contributed by atoms with Crippen LogP contribution in [0, 0.1) is 0 Å². The topological polar surface area (TPSA) is 20.7 Å². The molecule has 7 aromatic rings. The summed E-state index contributed by atoms with van der Waals surface area (Å²) in [7, 11) is 0. The average molecular weight is 553 g/mol. The summed E-state index contributed by atoms with van der Waals surface area (Å²) in [6.07, 6.45) is 14.9. The number of aromatic amines is 1. The normalized spacial score (nSPS) is 12.3. The smallest absolute Gasteiger partial charge is 0.0540 e. The highest BCUT2D eigenvalue weighted by Gasteiger charge is 2.16. The van der Waals surface area contributed by atoms with Crippen LogP contribution < -0.4 is 0 Å². The van der Waals surface area contributed by atoms with Crippen molar-refractivity contribution < 1.29 is 0 Å². The molecule has 2 aromatic heterocycles. The second kappa shape index (κ2) is 11.3. The van der Waals surface area contributed by atoms with Crippen molar-refractivity contribution in [2.45, 2.75) is 6.92 Å². The van der Waals surface area contributed by atoms with Crippen molar-refractivity contribution in [2.24, 2.45) is 0 Å². The molecule has 2 heterocycles. The number of aromatic nitrogens is 2. The summed E-state index contributed by atoms with van der Waals surface area (Å²) in [5.41, 5.74) is 11.5. The number of nitrogens with one attached hydrogen (secondary N) is 1. The Hall–Kier alpha value is -5.60. The average Bonchev–Trinajstić information content (AvgIpc) is 3.63. The van der Waals surface area contributed by atoms with Gasteiger partial charge in [0.05, 0.1) is 5.52 Å². The molecule has 5 aromatic carbocycles. The van der Waals surface area contributed by atoms with Gasteiger partial charge in [-0.3, -0.25) is 0 Å². The second-order valence-corrected chi connectivity index (χ2v) is 10.7. The monoisotopic (exact) mass is 552 g/mol. The number of H-pyrrole nitrogens is 1. The van der Waals surface area contributed by atoms with Crippen molar-refractivity contribution >= 4 is 50.4 Å². The molecule has 0 saturated heterocycles. The molecule has 0 amide bonds. The van der Waals surface area contributed by atoms with Gasteiger partial charge in [-0.25, -0.2) is 0 Å². The van der Waals surface area contributed by atoms with E-state index < -0.39 is 0 Å². The summed E-state index contributed by atoms with van der Waals surface area (Å²) in [5.74, 6) is 0. The van der Waals surface area contributed by atoms with Crippen LogP contribution >= 0.6 is 0 Å². The van der Waals surface area contributed by atoms with Gasteiger partial charge in [0.15, 0.2) is 0 Å². The number of para-hydroxylation sites is 2. The number of rotatable bonds is 7. The summed E-state index contributed by atoms with van der Waals surface area (Å²) in [6, 6.07) is 40.8. The Morgan fingerprint density at radius 2 is 1.42 bits per heavy atom. The molecule has 0 aliphatic heterocycles. The zero-order valence-corrected chi connectivity index (χ0v) is 24.2. The van der Waals surface area contributed by atoms with Gasteiger partial charge >= 0.3 is 0 Å². The van der Waals surface area contributed by atoms with E-state index in [-0.39, 0.29) is 0 Å². The van der Waals surface area contributed by atoms with Gasteiger partial charge in [-0.1, -0.05) is 122 Å². The molecule has 1 N–H and O–H groups in total. The second-order valence-electron chi connectivity index (χ2n) is 10.7. The molecular weight excluding hydrogens is 520 g/mol. The van der Waals surface area contributed by atoms with Crippen molar-refractivity contribution in [1.82, 2.24) is 9.55 Å². The summed E-state index contributed by atoms with van der Waals surface area (Å²) in [4.78, 5) is 3.61. The first kappa shape index (κ1) is 26.3. The molecule has 0 aliphatic rings. The highest BCUT2D eigenvalue weighted by atomic mass is 15.0. The van der Waals surface area contributed by atoms with Crippen LogP contribution in [0.1, 0.15) is 23.6 Å². The zero-order chi connectivity index (χ0) is 29.2. The maximum atomic E-state index is 4.28. The minimum absolute atomic E-state index is 1.08. The number of nitrogens with zero attached hydrogens (tertiary/aromatic N) is 1. The molecule has 0 spiro atoms. The number of fused-ring (bicyclic) bond motifs is 4. The summed E-state index contributed by atoms with van der Waals surface area (Å²) in [6.45, 7) is 6.32. The van der Waals surface area contributed by atoms with Crippen molar-refractivity contribution in [3.8, 4) is 16.8 Å². The van der Waals surface area contributed by atoms with Crippen molar-refractivity contribution in [2.75, 3.05) is 0 Å². The van der Waals surface area contributed by atoms with Crippen LogP contribution in [0.4, 0.5) is 0 Å². The lowest BCUT2D eigenvalue weighted by Gasteiger charge is -2.13. The van der Waals surface area contributed by atoms with Gasteiger partial charge in [-0.05, 0) is 71.2 Å². The Balaban J connectivity index is 1.44. The molecule has 0 bridgehead atoms. The minimum Gasteiger partial charge on any atom is -0.354 e. The third kappa shape index (κ3) is 4.73. The van der Waals surface area contributed by atoms with Crippen LogP contribution in [0.25, 0.3) is 67.2 Å². The lowest BCUT2D eigenvalue weighted by Crippen LogP contribution is -1.91. The fraction of sp³-hybridized carbons (Fsp3) is 0.0244. The van der Waals surface area contributed by atoms with E-state index in [4.69, 9.17) is 0 Å². The quantitative estimate of drug-likeness (QED) is 0.150. The molecule has 0 radical (unpaired) electrons. The van der Waals surface area contributed by atoms with Gasteiger partial charge < -0.3 is 9.55 Å². The molecular formula is C41H32N2. The van der Waals surface area contributed by atoms with Crippen LogP contribution in [0.3, 0.4) is 0 Å². The molecule has 43 heavy (non-hydrogen) atoms. The third-order valence-corrected chi connectivity index (χ3v) is 8.09. The molecule has 0 fully saturated rings. The van der Waals surface area contributed by atoms with Crippen molar-refractivity contribution in [3.63, 3.8) is 0 Å². The highest BCUT2D eigenvalue weighted by molar-refractivity contribution is 6.15. The van der Waals surface area contributed by atoms with Gasteiger partial charge in [0.25, 0.3) is 0 Å². The standard InChI is InChI=1S/C41H32N2/c1-3-5-7-16-31-28-43(32-18-8-6-9-19-32)39-26-14-17-30(40(31)39)27-29(4-2)33-20-10-11-21-34(33)35-23-15-25-38-41(35)36-22-12-13-24-37(36)42-38/h3-28,42H,2H2,1H3/b5-3-,16-7-,29-27-. The third-order valence-electron chi connectivity index (χ3n) is 8.09. The van der Waals surface area contributed by atoms with Crippen molar-refractivity contribution in [1.29, 1.82) is 0 Å². The number of hydrogen-bond acceptors (Lipinski definition) is 0. The maximum absolute atomic E-state index is 4.28. The maximum Gasteiger partial charge on any atom is 0.0540 e. The Labute approximate surface area is 252 Å². The van der Waals surface area contributed by atoms with Gasteiger partial charge in [0, 0.05) is 44.6 Å². The molecule has 0 aliphatic carbocycles. The fourth-order valence-corrected chi connectivity index (χ4v) is 6.18. The van der Waals surface area contributed by atoms with Gasteiger partial charge in [0.1, 0.15) is 0 Å². The van der Waals surface area contributed by atoms with Gasteiger partial charge in [-0.2, -0.15) is 0 Å². The SMILES string of the molecule is C=C/C(=C/c1cccc2c1c(/C=C\C=C/C)cn2-c1ccccc1)c1ccccc1-c1cccc2[nH]c3ccccc3c12. The molecule has 2 nitrogen and oxygen atoms in total. The molecule has 0 unspecified atom stereocenters. The predicted octanol–water partition coefficient (Wildman–Crippen LogP) is 11.2. The van der Waals surface area contributed by atoms with Crippen molar-refractivity contribution in [3.05, 3.63) is 169 Å². The number of hydrogen-bond donors (Lipinski definition) is 1. The van der Waals surface area contributed by atoms with E-state index in [2.05, 4.69) is 168 Å². The lowest BCUT2D eigenvalue weighted by molar-refractivity contribution is 1.13. The van der Waals surface area contributed by atoms with E-state index in [0.29, 0.717) is 0 Å². The van der Waals surface area contributed by atoms with Crippen LogP contribution in [0.5, 0.6) is 0 Å². The summed E-state index contributed by atoms with van der Waals surface area (Å²) < 4.78 is 2.28. The first-order valence-electron chi connectivity index (χ1n) is 14.7. The van der Waals surface area contributed by atoms with Gasteiger partial charge in [-0.15, -0.1) is 0 Å². The van der Waals surface area contributed by atoms with E-state index in [9.17, 15) is 0 Å². The van der Waals surface area contributed by atoms with E-state index >= 15 is 0 Å². The van der Waals surface area contributed by atoms with E-state index in [1.165, 1.54) is 38.4 Å². The molecule has 206 valence electrons. The largest absolute Gasteiger partial charge is 0.354 e. The lowest BCUT2D eigenvalue weighted by atomic mass is 9.90. The minimum atomic E-state index is 1.08. The highest BCUT2D eigenvalue weighted by Crippen LogP contribution is 2.39. The van der Waals surface area contributed by atoms with Crippen LogP contribution in [-0.4, -0.2) is 9.55 Å². The first-order valence-corrected chi connectivity index (χ1v) is 14.7. The Morgan fingerprint density at radius 3 is 2.28 bits per heavy atom. The Bertz CT molecular complexity index is 2200. The summed E-state index contributed by atoms with van der Waals surface area (Å²) in [5, 5.41) is 3.69. The molecule has 0 saturated carbocycles. The fourth-order valence-electron chi connectivity index (χ4n) is 6.18. The van der Waals surface area contributed by atoms with E-state index in [1.807, 2.05) is 13.0 Å². The van der Waals surface area contributed by atoms with Gasteiger partial charge in [0.2, 0.25) is 0 Å². The number of benzene rings is 5. The van der Waals surface area contributed by atoms with Crippen LogP contribution in [0.2, 0.25) is 0 Å². The zero-order valence-electron chi connectivity index (χ0n) is 24.2. The Morgan fingerprint density at radius 1 is 0.674 bits per heavy atom. The molecule has 0 atom stereocenters. The van der Waals surface area contributed by atoms with Crippen LogP contribution in [0.15, 0.2) is 152 Å².